The van der Waals surface area contributed by atoms with Crippen LogP contribution in [0.4, 0.5) is 0 Å². The van der Waals surface area contributed by atoms with Crippen molar-refractivity contribution in [1.82, 2.24) is 0 Å². The Morgan fingerprint density at radius 2 is 2.12 bits per heavy atom. The molecule has 0 amide bonds. The Bertz CT molecular complexity index is 451. The fourth-order valence-corrected chi connectivity index (χ4v) is 1.46. The Kier molecular flexibility index (Phi) is 4.31. The van der Waals surface area contributed by atoms with Gasteiger partial charge in [-0.05, 0) is 12.5 Å². The van der Waals surface area contributed by atoms with Gasteiger partial charge >= 0.3 is 5.97 Å². The molecule has 1 aromatic rings. The molecule has 0 aliphatic rings. The summed E-state index contributed by atoms with van der Waals surface area (Å²) in [5.41, 5.74) is -0.697. The summed E-state index contributed by atoms with van der Waals surface area (Å²) in [7, 11) is 0. The molecular formula is C14H13NO2. The minimum absolute atomic E-state index is 0.166. The summed E-state index contributed by atoms with van der Waals surface area (Å²) in [6.07, 6.45) is 5.49. The van der Waals surface area contributed by atoms with Crippen molar-refractivity contribution in [1.29, 1.82) is 5.26 Å². The van der Waals surface area contributed by atoms with Crippen LogP contribution in [0.15, 0.2) is 30.3 Å². The fraction of sp³-hybridized carbons (Fsp3) is 0.286. The predicted molar refractivity (Wildman–Crippen MR) is 63.7 cm³/mol. The van der Waals surface area contributed by atoms with E-state index in [9.17, 15) is 4.79 Å². The quantitative estimate of drug-likeness (QED) is 0.583. The Hall–Kier alpha value is -2.26. The van der Waals surface area contributed by atoms with Gasteiger partial charge in [-0.15, -0.1) is 6.42 Å². The number of carbonyl (C=O) groups excluding carboxylic acids is 1. The third-order valence-corrected chi connectivity index (χ3v) is 2.37. The first-order chi connectivity index (χ1) is 8.18. The molecule has 0 N–H and O–H groups in total. The van der Waals surface area contributed by atoms with Crippen molar-refractivity contribution >= 4 is 5.97 Å². The third-order valence-electron chi connectivity index (χ3n) is 2.37. The topological polar surface area (TPSA) is 50.1 Å². The lowest BCUT2D eigenvalue weighted by molar-refractivity contribution is -0.149. The lowest BCUT2D eigenvalue weighted by Gasteiger charge is -2.18. The molecule has 0 aromatic heterocycles. The van der Waals surface area contributed by atoms with E-state index in [-0.39, 0.29) is 13.0 Å². The molecule has 17 heavy (non-hydrogen) atoms. The molecule has 0 fully saturated rings. The van der Waals surface area contributed by atoms with Crippen LogP contribution >= 0.6 is 0 Å². The van der Waals surface area contributed by atoms with Crippen molar-refractivity contribution in [2.24, 2.45) is 5.41 Å². The van der Waals surface area contributed by atoms with Crippen LogP contribution in [0.2, 0.25) is 0 Å². The van der Waals surface area contributed by atoms with E-state index < -0.39 is 11.4 Å². The van der Waals surface area contributed by atoms with Gasteiger partial charge < -0.3 is 4.74 Å². The van der Waals surface area contributed by atoms with Gasteiger partial charge in [0.2, 0.25) is 5.41 Å². The van der Waals surface area contributed by atoms with Gasteiger partial charge in [-0.2, -0.15) is 5.26 Å². The molecule has 0 radical (unpaired) electrons. The molecule has 0 spiro atoms. The van der Waals surface area contributed by atoms with Gasteiger partial charge in [0.1, 0.15) is 0 Å². The van der Waals surface area contributed by atoms with Crippen molar-refractivity contribution in [3.05, 3.63) is 35.9 Å². The molecule has 0 aliphatic carbocycles. The highest BCUT2D eigenvalue weighted by Gasteiger charge is 2.38. The number of benzene rings is 1. The summed E-state index contributed by atoms with van der Waals surface area (Å²) in [5, 5.41) is 9.14. The summed E-state index contributed by atoms with van der Waals surface area (Å²) >= 11 is 0. The van der Waals surface area contributed by atoms with Crippen LogP contribution < -0.4 is 0 Å². The predicted octanol–water partition coefficient (Wildman–Crippen LogP) is 1.94. The largest absolute Gasteiger partial charge is 0.464 e. The lowest BCUT2D eigenvalue weighted by atomic mass is 9.84. The summed E-state index contributed by atoms with van der Waals surface area (Å²) in [5.74, 6) is 1.60. The third kappa shape index (κ3) is 2.86. The Labute approximate surface area is 101 Å². The minimum Gasteiger partial charge on any atom is -0.464 e. The first kappa shape index (κ1) is 12.8. The molecular weight excluding hydrogens is 214 g/mol. The molecule has 0 saturated heterocycles. The molecule has 0 aliphatic heterocycles. The number of esters is 1. The van der Waals surface area contributed by atoms with Crippen LogP contribution in [-0.2, 0) is 16.0 Å². The highest BCUT2D eigenvalue weighted by atomic mass is 16.5. The number of rotatable bonds is 4. The number of nitrogens with zero attached hydrogens (tertiary/aromatic N) is 1. The molecule has 0 heterocycles. The number of hydrogen-bond donors (Lipinski definition) is 0. The second-order valence-electron chi connectivity index (χ2n) is 3.54. The van der Waals surface area contributed by atoms with Crippen molar-refractivity contribution in [3.63, 3.8) is 0 Å². The lowest BCUT2D eigenvalue weighted by Crippen LogP contribution is -2.32. The van der Waals surface area contributed by atoms with Gasteiger partial charge in [0.15, 0.2) is 0 Å². The summed E-state index contributed by atoms with van der Waals surface area (Å²) in [6, 6.07) is 11.1. The smallest absolute Gasteiger partial charge is 0.339 e. The maximum atomic E-state index is 11.7. The Balaban J connectivity index is 2.99. The average Bonchev–Trinajstić information content (AvgIpc) is 2.37. The molecule has 0 saturated carbocycles. The van der Waals surface area contributed by atoms with E-state index in [1.54, 1.807) is 6.92 Å². The van der Waals surface area contributed by atoms with Crippen LogP contribution in [0.25, 0.3) is 0 Å². The van der Waals surface area contributed by atoms with Gasteiger partial charge in [-0.25, -0.2) is 4.79 Å². The van der Waals surface area contributed by atoms with E-state index in [0.717, 1.165) is 5.56 Å². The number of hydrogen-bond acceptors (Lipinski definition) is 3. The van der Waals surface area contributed by atoms with Crippen LogP contribution in [0.3, 0.4) is 0 Å². The van der Waals surface area contributed by atoms with E-state index in [1.165, 1.54) is 0 Å². The van der Waals surface area contributed by atoms with E-state index in [0.29, 0.717) is 0 Å². The fourth-order valence-electron chi connectivity index (χ4n) is 1.46. The van der Waals surface area contributed by atoms with Gasteiger partial charge in [0.25, 0.3) is 0 Å². The zero-order valence-electron chi connectivity index (χ0n) is 9.64. The minimum atomic E-state index is -1.53. The van der Waals surface area contributed by atoms with E-state index in [4.69, 9.17) is 16.4 Å². The molecule has 3 heteroatoms. The SMILES string of the molecule is C#CC(C#N)(Cc1ccccc1)C(=O)OCC. The highest BCUT2D eigenvalue weighted by Crippen LogP contribution is 2.23. The van der Waals surface area contributed by atoms with Crippen molar-refractivity contribution < 1.29 is 9.53 Å². The molecule has 1 rings (SSSR count). The zero-order chi connectivity index (χ0) is 12.7. The Morgan fingerprint density at radius 3 is 2.59 bits per heavy atom. The van der Waals surface area contributed by atoms with Gasteiger partial charge in [-0.3, -0.25) is 0 Å². The standard InChI is InChI=1S/C14H13NO2/c1-3-14(11-15,13(16)17-4-2)10-12-8-6-5-7-9-12/h1,5-9H,4,10H2,2H3. The van der Waals surface area contributed by atoms with Gasteiger partial charge in [0.05, 0.1) is 12.7 Å². The number of terminal acetylenes is 1. The maximum absolute atomic E-state index is 11.7. The summed E-state index contributed by atoms with van der Waals surface area (Å²) in [6.45, 7) is 1.89. The zero-order valence-corrected chi connectivity index (χ0v) is 9.64. The number of ether oxygens (including phenoxy) is 1. The normalized spacial score (nSPS) is 12.9. The van der Waals surface area contributed by atoms with Crippen LogP contribution in [0.1, 0.15) is 12.5 Å². The summed E-state index contributed by atoms with van der Waals surface area (Å²) in [4.78, 5) is 11.7. The van der Waals surface area contributed by atoms with Crippen molar-refractivity contribution in [2.75, 3.05) is 6.61 Å². The van der Waals surface area contributed by atoms with Crippen LogP contribution in [-0.4, -0.2) is 12.6 Å². The highest BCUT2D eigenvalue weighted by molar-refractivity contribution is 5.84. The van der Waals surface area contributed by atoms with Gasteiger partial charge in [0, 0.05) is 6.42 Å². The Morgan fingerprint density at radius 1 is 1.47 bits per heavy atom. The van der Waals surface area contributed by atoms with Crippen molar-refractivity contribution in [3.8, 4) is 18.4 Å². The number of nitriles is 1. The molecule has 1 aromatic carbocycles. The molecule has 1 atom stereocenters. The average molecular weight is 227 g/mol. The monoisotopic (exact) mass is 227 g/mol. The van der Waals surface area contributed by atoms with E-state index in [1.807, 2.05) is 36.4 Å². The molecule has 1 unspecified atom stereocenters. The number of carbonyl (C=O) groups is 1. The second-order valence-corrected chi connectivity index (χ2v) is 3.54. The second kappa shape index (κ2) is 5.72. The summed E-state index contributed by atoms with van der Waals surface area (Å²) < 4.78 is 4.86. The van der Waals surface area contributed by atoms with Crippen LogP contribution in [0, 0.1) is 29.1 Å². The van der Waals surface area contributed by atoms with E-state index in [2.05, 4.69) is 5.92 Å². The van der Waals surface area contributed by atoms with Crippen LogP contribution in [0.5, 0.6) is 0 Å². The van der Waals surface area contributed by atoms with Crippen molar-refractivity contribution in [2.45, 2.75) is 13.3 Å². The molecule has 3 nitrogen and oxygen atoms in total. The molecule has 0 bridgehead atoms. The first-order valence-corrected chi connectivity index (χ1v) is 5.28. The maximum Gasteiger partial charge on any atom is 0.339 e. The van der Waals surface area contributed by atoms with Gasteiger partial charge in [-0.1, -0.05) is 36.3 Å². The first-order valence-electron chi connectivity index (χ1n) is 5.28. The molecule has 86 valence electrons. The van der Waals surface area contributed by atoms with E-state index >= 15 is 0 Å².